The highest BCUT2D eigenvalue weighted by atomic mass is 16.5. The predicted molar refractivity (Wildman–Crippen MR) is 96.7 cm³/mol. The Morgan fingerprint density at radius 3 is 2.72 bits per heavy atom. The largest absolute Gasteiger partial charge is 0.490 e. The summed E-state index contributed by atoms with van der Waals surface area (Å²) in [6, 6.07) is 5.33. The summed E-state index contributed by atoms with van der Waals surface area (Å²) in [5.41, 5.74) is 6.44. The first-order valence-electron chi connectivity index (χ1n) is 8.67. The minimum atomic E-state index is -0.425. The number of esters is 1. The number of hydrogen-bond acceptors (Lipinski definition) is 7. The number of anilines is 1. The number of piperidine rings is 1. The van der Waals surface area contributed by atoms with Gasteiger partial charge in [-0.15, -0.1) is 0 Å². The fourth-order valence-corrected chi connectivity index (χ4v) is 2.78. The number of benzene rings is 1. The van der Waals surface area contributed by atoms with E-state index in [0.29, 0.717) is 36.6 Å². The first-order valence-corrected chi connectivity index (χ1v) is 8.67. The van der Waals surface area contributed by atoms with Crippen LogP contribution in [0.1, 0.15) is 25.7 Å². The van der Waals surface area contributed by atoms with E-state index in [2.05, 4.69) is 4.74 Å². The summed E-state index contributed by atoms with van der Waals surface area (Å²) < 4.78 is 16.4. The lowest BCUT2D eigenvalue weighted by molar-refractivity contribution is -0.140. The van der Waals surface area contributed by atoms with Crippen molar-refractivity contribution in [3.63, 3.8) is 0 Å². The van der Waals surface area contributed by atoms with E-state index >= 15 is 0 Å². The fourth-order valence-electron chi connectivity index (χ4n) is 2.78. The molecule has 1 saturated heterocycles. The van der Waals surface area contributed by atoms with Crippen LogP contribution in [0, 0.1) is 0 Å². The molecule has 0 aliphatic carbocycles. The van der Waals surface area contributed by atoms with Gasteiger partial charge in [0.15, 0.2) is 11.5 Å². The van der Waals surface area contributed by atoms with Crippen LogP contribution in [0.15, 0.2) is 18.2 Å². The number of ether oxygens (including phenoxy) is 3. The Morgan fingerprint density at radius 1 is 1.36 bits per heavy atom. The molecule has 25 heavy (non-hydrogen) atoms. The van der Waals surface area contributed by atoms with Crippen LogP contribution >= 0.6 is 0 Å². The predicted octanol–water partition coefficient (Wildman–Crippen LogP) is 1.55. The molecule has 0 amide bonds. The maximum absolute atomic E-state index is 11.1. The number of nitrogen functional groups attached to an aromatic ring is 1. The first kappa shape index (κ1) is 19.4. The number of carbonyl (C=O) groups excluding carboxylic acids is 1. The van der Waals surface area contributed by atoms with Crippen molar-refractivity contribution in [2.75, 3.05) is 32.5 Å². The summed E-state index contributed by atoms with van der Waals surface area (Å²) in [7, 11) is 0.946. The molecule has 1 heterocycles. The van der Waals surface area contributed by atoms with Crippen LogP contribution in [0.3, 0.4) is 0 Å². The van der Waals surface area contributed by atoms with Gasteiger partial charge in [-0.25, -0.2) is 0 Å². The number of carbonyl (C=O) groups is 1. The Balaban J connectivity index is 1.89. The third-order valence-electron chi connectivity index (χ3n) is 4.28. The number of nitrogens with two attached hydrogens (primary N) is 1. The van der Waals surface area contributed by atoms with Gasteiger partial charge in [0.2, 0.25) is 0 Å². The average Bonchev–Trinajstić information content (AvgIpc) is 2.61. The molecule has 1 fully saturated rings. The zero-order valence-corrected chi connectivity index (χ0v) is 14.9. The van der Waals surface area contributed by atoms with Gasteiger partial charge in [-0.05, 0) is 51.3 Å². The number of rotatable bonds is 8. The smallest absolute Gasteiger partial charge is 0.376 e. The molecule has 8 heteroatoms. The van der Waals surface area contributed by atoms with Crippen LogP contribution in [-0.4, -0.2) is 55.8 Å². The monoisotopic (exact) mass is 350 g/mol. The van der Waals surface area contributed by atoms with Crippen molar-refractivity contribution in [2.45, 2.75) is 38.6 Å². The molecule has 0 aromatic heterocycles. The summed E-state index contributed by atoms with van der Waals surface area (Å²) in [4.78, 5) is 13.2. The minimum absolute atomic E-state index is 0.0797. The first-order chi connectivity index (χ1) is 12.0. The summed E-state index contributed by atoms with van der Waals surface area (Å²) in [6.07, 6.45) is 2.64. The highest BCUT2D eigenvalue weighted by Crippen LogP contribution is 2.32. The molecule has 0 spiro atoms. The Labute approximate surface area is 149 Å². The maximum atomic E-state index is 11.1. The van der Waals surface area contributed by atoms with Gasteiger partial charge in [0.25, 0.3) is 0 Å². The molecular weight excluding hydrogens is 323 g/mol. The zero-order valence-electron chi connectivity index (χ0n) is 14.9. The van der Waals surface area contributed by atoms with Gasteiger partial charge < -0.3 is 29.8 Å². The van der Waals surface area contributed by atoms with E-state index in [0.717, 1.165) is 25.9 Å². The number of methoxy groups -OCH3 is 1. The molecule has 1 aliphatic heterocycles. The standard InChI is InChI=1S/C17H27BN2O5/c1-18(22)20-9-7-14(8-10-20)25-15-6-5-13(19)12-16(15)24-11-3-4-17(21)23-2/h5-6,12,14,22H,3-4,7-11,19H2,1-2H3. The Morgan fingerprint density at radius 2 is 2.08 bits per heavy atom. The minimum Gasteiger partial charge on any atom is -0.490 e. The van der Waals surface area contributed by atoms with Gasteiger partial charge in [-0.3, -0.25) is 4.79 Å². The van der Waals surface area contributed by atoms with Crippen molar-refractivity contribution in [3.8, 4) is 11.5 Å². The lowest BCUT2D eigenvalue weighted by Gasteiger charge is -2.33. The molecule has 0 saturated carbocycles. The van der Waals surface area contributed by atoms with Crippen molar-refractivity contribution in [1.82, 2.24) is 4.81 Å². The lowest BCUT2D eigenvalue weighted by atomic mass is 9.82. The van der Waals surface area contributed by atoms with Crippen LogP contribution in [0.25, 0.3) is 0 Å². The van der Waals surface area contributed by atoms with Crippen LogP contribution < -0.4 is 15.2 Å². The molecule has 0 unspecified atom stereocenters. The second-order valence-corrected chi connectivity index (χ2v) is 6.22. The zero-order chi connectivity index (χ0) is 18.2. The maximum Gasteiger partial charge on any atom is 0.376 e. The highest BCUT2D eigenvalue weighted by Gasteiger charge is 2.25. The molecule has 1 aromatic rings. The summed E-state index contributed by atoms with van der Waals surface area (Å²) in [5, 5.41) is 9.62. The number of nitrogens with zero attached hydrogens (tertiary/aromatic N) is 1. The van der Waals surface area contributed by atoms with Crippen LogP contribution in [0.4, 0.5) is 5.69 Å². The molecule has 1 aliphatic rings. The van der Waals surface area contributed by atoms with Gasteiger partial charge in [-0.2, -0.15) is 0 Å². The van der Waals surface area contributed by atoms with Crippen LogP contribution in [0.2, 0.25) is 6.82 Å². The summed E-state index contributed by atoms with van der Waals surface area (Å²) in [5.74, 6) is 0.989. The molecule has 1 aromatic carbocycles. The van der Waals surface area contributed by atoms with Crippen molar-refractivity contribution in [2.24, 2.45) is 0 Å². The highest BCUT2D eigenvalue weighted by molar-refractivity contribution is 6.45. The topological polar surface area (TPSA) is 94.2 Å². The molecular formula is C17H27BN2O5. The van der Waals surface area contributed by atoms with Crippen LogP contribution in [0.5, 0.6) is 11.5 Å². The van der Waals surface area contributed by atoms with E-state index in [1.54, 1.807) is 19.0 Å². The van der Waals surface area contributed by atoms with Gasteiger partial charge in [0, 0.05) is 18.2 Å². The van der Waals surface area contributed by atoms with Gasteiger partial charge >= 0.3 is 13.0 Å². The van der Waals surface area contributed by atoms with Crippen molar-refractivity contribution in [1.29, 1.82) is 0 Å². The number of hydrogen-bond donors (Lipinski definition) is 2. The van der Waals surface area contributed by atoms with Gasteiger partial charge in [0.05, 0.1) is 13.7 Å². The van der Waals surface area contributed by atoms with Gasteiger partial charge in [-0.1, -0.05) is 0 Å². The second kappa shape index (κ2) is 9.53. The van der Waals surface area contributed by atoms with E-state index in [9.17, 15) is 9.82 Å². The second-order valence-electron chi connectivity index (χ2n) is 6.22. The quantitative estimate of drug-likeness (QED) is 0.318. The molecule has 0 atom stereocenters. The van der Waals surface area contributed by atoms with E-state index < -0.39 is 7.05 Å². The lowest BCUT2D eigenvalue weighted by Crippen LogP contribution is -2.45. The van der Waals surface area contributed by atoms with Crippen molar-refractivity contribution in [3.05, 3.63) is 18.2 Å². The molecule has 3 N–H and O–H groups in total. The van der Waals surface area contributed by atoms with Crippen molar-refractivity contribution >= 4 is 18.7 Å². The Hall–Kier alpha value is -1.93. The average molecular weight is 350 g/mol. The van der Waals surface area contributed by atoms with E-state index in [1.165, 1.54) is 7.11 Å². The normalized spacial score (nSPS) is 15.6. The van der Waals surface area contributed by atoms with Gasteiger partial charge in [0.1, 0.15) is 6.10 Å². The Kier molecular flexibility index (Phi) is 7.40. The molecule has 7 nitrogen and oxygen atoms in total. The van der Waals surface area contributed by atoms with Crippen LogP contribution in [-0.2, 0) is 9.53 Å². The fraction of sp³-hybridized carbons (Fsp3) is 0.588. The molecule has 2 rings (SSSR count). The molecule has 0 bridgehead atoms. The van der Waals surface area contributed by atoms with E-state index in [1.807, 2.05) is 10.9 Å². The van der Waals surface area contributed by atoms with E-state index in [4.69, 9.17) is 15.2 Å². The summed E-state index contributed by atoms with van der Waals surface area (Å²) in [6.45, 7) is 3.76. The Bertz CT molecular complexity index is 562. The SMILES string of the molecule is COC(=O)CCCOc1cc(N)ccc1OC1CCN(B(C)O)CC1. The third-order valence-corrected chi connectivity index (χ3v) is 4.28. The summed E-state index contributed by atoms with van der Waals surface area (Å²) >= 11 is 0. The molecule has 0 radical (unpaired) electrons. The van der Waals surface area contributed by atoms with E-state index in [-0.39, 0.29) is 12.1 Å². The third kappa shape index (κ3) is 6.14. The molecule has 138 valence electrons. The van der Waals surface area contributed by atoms with Crippen molar-refractivity contribution < 1.29 is 24.0 Å².